The Morgan fingerprint density at radius 3 is 2.53 bits per heavy atom. The molecule has 1 aromatic rings. The van der Waals surface area contributed by atoms with Gasteiger partial charge in [0.1, 0.15) is 0 Å². The lowest BCUT2D eigenvalue weighted by Gasteiger charge is -2.07. The van der Waals surface area contributed by atoms with Gasteiger partial charge in [0.15, 0.2) is 0 Å². The molecule has 0 saturated carbocycles. The summed E-state index contributed by atoms with van der Waals surface area (Å²) in [4.78, 5) is 10.3. The third kappa shape index (κ3) is 3.54. The molecule has 15 heavy (non-hydrogen) atoms. The number of hydrogen-bond acceptors (Lipinski definition) is 1. The van der Waals surface area contributed by atoms with E-state index in [0.29, 0.717) is 0 Å². The van der Waals surface area contributed by atoms with E-state index in [-0.39, 0.29) is 0 Å². The van der Waals surface area contributed by atoms with Crippen molar-refractivity contribution in [3.05, 3.63) is 42.0 Å². The molecule has 0 unspecified atom stereocenters. The molecule has 0 fully saturated rings. The first-order valence-electron chi connectivity index (χ1n) is 4.71. The van der Waals surface area contributed by atoms with Crippen molar-refractivity contribution in [2.45, 2.75) is 13.1 Å². The Bertz CT molecular complexity index is 346. The normalized spacial score (nSPS) is 15.1. The minimum atomic E-state index is -1.84. The van der Waals surface area contributed by atoms with Crippen LogP contribution in [0.2, 0.25) is 0 Å². The second-order valence-electron chi connectivity index (χ2n) is 3.37. The molecule has 2 nitrogen and oxygen atoms in total. The van der Waals surface area contributed by atoms with Gasteiger partial charge in [-0.25, -0.2) is 9.18 Å². The molecule has 1 aromatic carbocycles. The van der Waals surface area contributed by atoms with Gasteiger partial charge in [-0.1, -0.05) is 49.4 Å². The highest BCUT2D eigenvalue weighted by molar-refractivity contribution is 5.73. The standard InChI is InChI=1S/C12H13FO2/c1-9(11(13)12(14)15)7-8-10-5-3-2-4-6-10/h2-9,11H,1H3,(H,14,15)/t9-,11-/m1/s1. The lowest BCUT2D eigenvalue weighted by Crippen LogP contribution is -2.21. The van der Waals surface area contributed by atoms with Crippen LogP contribution in [0.4, 0.5) is 4.39 Å². The van der Waals surface area contributed by atoms with Gasteiger partial charge in [-0.05, 0) is 5.56 Å². The summed E-state index contributed by atoms with van der Waals surface area (Å²) < 4.78 is 13.0. The van der Waals surface area contributed by atoms with Crippen molar-refractivity contribution in [3.63, 3.8) is 0 Å². The molecule has 0 spiro atoms. The van der Waals surface area contributed by atoms with Gasteiger partial charge in [0.2, 0.25) is 6.17 Å². The second-order valence-corrected chi connectivity index (χ2v) is 3.37. The van der Waals surface area contributed by atoms with E-state index >= 15 is 0 Å². The zero-order valence-electron chi connectivity index (χ0n) is 8.43. The quantitative estimate of drug-likeness (QED) is 0.826. The van der Waals surface area contributed by atoms with E-state index in [1.807, 2.05) is 30.3 Å². The predicted octanol–water partition coefficient (Wildman–Crippen LogP) is 2.76. The number of carboxylic acid groups (broad SMARTS) is 1. The maximum absolute atomic E-state index is 13.0. The van der Waals surface area contributed by atoms with Gasteiger partial charge in [-0.15, -0.1) is 0 Å². The summed E-state index contributed by atoms with van der Waals surface area (Å²) in [5, 5.41) is 8.44. The molecule has 0 radical (unpaired) electrons. The maximum atomic E-state index is 13.0. The summed E-state index contributed by atoms with van der Waals surface area (Å²) in [7, 11) is 0. The maximum Gasteiger partial charge on any atom is 0.338 e. The molecule has 80 valence electrons. The van der Waals surface area contributed by atoms with E-state index in [2.05, 4.69) is 0 Å². The predicted molar refractivity (Wildman–Crippen MR) is 57.2 cm³/mol. The van der Waals surface area contributed by atoms with Crippen LogP contribution in [0, 0.1) is 5.92 Å². The Hall–Kier alpha value is -1.64. The number of rotatable bonds is 4. The van der Waals surface area contributed by atoms with Crippen molar-refractivity contribution in [2.24, 2.45) is 5.92 Å². The molecular weight excluding hydrogens is 195 g/mol. The topological polar surface area (TPSA) is 37.3 Å². The van der Waals surface area contributed by atoms with Crippen molar-refractivity contribution >= 4 is 12.0 Å². The van der Waals surface area contributed by atoms with E-state index in [4.69, 9.17) is 5.11 Å². The van der Waals surface area contributed by atoms with Crippen LogP contribution >= 0.6 is 0 Å². The smallest absolute Gasteiger partial charge is 0.338 e. The number of hydrogen-bond donors (Lipinski definition) is 1. The molecule has 3 heteroatoms. The molecule has 0 aromatic heterocycles. The van der Waals surface area contributed by atoms with Crippen LogP contribution in [0.15, 0.2) is 36.4 Å². The number of alkyl halides is 1. The van der Waals surface area contributed by atoms with Crippen LogP contribution in [-0.4, -0.2) is 17.2 Å². The third-order valence-corrected chi connectivity index (χ3v) is 2.09. The third-order valence-electron chi connectivity index (χ3n) is 2.09. The molecule has 0 aliphatic carbocycles. The fourth-order valence-corrected chi connectivity index (χ4v) is 1.15. The Morgan fingerprint density at radius 2 is 2.00 bits per heavy atom. The Kier molecular flexibility index (Phi) is 4.03. The SMILES string of the molecule is C[C@H](C=Cc1ccccc1)[C@@H](F)C(=O)O. The van der Waals surface area contributed by atoms with E-state index in [1.54, 1.807) is 12.2 Å². The summed E-state index contributed by atoms with van der Waals surface area (Å²) in [5.74, 6) is -2.04. The molecule has 0 bridgehead atoms. The van der Waals surface area contributed by atoms with Crippen molar-refractivity contribution < 1.29 is 14.3 Å². The summed E-state index contributed by atoms with van der Waals surface area (Å²) >= 11 is 0. The van der Waals surface area contributed by atoms with Crippen LogP contribution in [0.3, 0.4) is 0 Å². The zero-order valence-corrected chi connectivity index (χ0v) is 8.43. The average molecular weight is 208 g/mol. The second kappa shape index (κ2) is 5.29. The molecule has 0 amide bonds. The largest absolute Gasteiger partial charge is 0.479 e. The number of aliphatic carboxylic acids is 1. The Labute approximate surface area is 88.1 Å². The van der Waals surface area contributed by atoms with Gasteiger partial charge in [0, 0.05) is 5.92 Å². The van der Waals surface area contributed by atoms with Crippen LogP contribution in [0.5, 0.6) is 0 Å². The van der Waals surface area contributed by atoms with Crippen molar-refractivity contribution in [1.82, 2.24) is 0 Å². The van der Waals surface area contributed by atoms with Crippen LogP contribution < -0.4 is 0 Å². The first kappa shape index (κ1) is 11.4. The highest BCUT2D eigenvalue weighted by atomic mass is 19.1. The molecule has 0 heterocycles. The molecule has 1 rings (SSSR count). The minimum Gasteiger partial charge on any atom is -0.479 e. The number of benzene rings is 1. The van der Waals surface area contributed by atoms with Crippen molar-refractivity contribution in [2.75, 3.05) is 0 Å². The monoisotopic (exact) mass is 208 g/mol. The van der Waals surface area contributed by atoms with E-state index < -0.39 is 18.1 Å². The van der Waals surface area contributed by atoms with Crippen LogP contribution in [-0.2, 0) is 4.79 Å². The number of halogens is 1. The Morgan fingerprint density at radius 1 is 1.40 bits per heavy atom. The molecule has 0 aliphatic rings. The molecule has 0 aliphatic heterocycles. The Balaban J connectivity index is 2.62. The van der Waals surface area contributed by atoms with Crippen LogP contribution in [0.1, 0.15) is 12.5 Å². The summed E-state index contributed by atoms with van der Waals surface area (Å²) in [6, 6.07) is 9.37. The fraction of sp³-hybridized carbons (Fsp3) is 0.250. The molecule has 2 atom stereocenters. The zero-order chi connectivity index (χ0) is 11.3. The van der Waals surface area contributed by atoms with Gasteiger partial charge >= 0.3 is 5.97 Å². The molecule has 0 saturated heterocycles. The molecular formula is C12H13FO2. The summed E-state index contributed by atoms with van der Waals surface area (Å²) in [6.07, 6.45) is 1.44. The lowest BCUT2D eigenvalue weighted by atomic mass is 10.0. The number of carbonyl (C=O) groups is 1. The van der Waals surface area contributed by atoms with Gasteiger partial charge in [0.25, 0.3) is 0 Å². The fourth-order valence-electron chi connectivity index (χ4n) is 1.15. The summed E-state index contributed by atoms with van der Waals surface area (Å²) in [5.41, 5.74) is 0.932. The van der Waals surface area contributed by atoms with E-state index in [9.17, 15) is 9.18 Å². The highest BCUT2D eigenvalue weighted by Crippen LogP contribution is 2.12. The van der Waals surface area contributed by atoms with Crippen LogP contribution in [0.25, 0.3) is 6.08 Å². The van der Waals surface area contributed by atoms with Gasteiger partial charge < -0.3 is 5.11 Å². The average Bonchev–Trinajstić information content (AvgIpc) is 2.26. The first-order chi connectivity index (χ1) is 7.11. The van der Waals surface area contributed by atoms with Gasteiger partial charge in [-0.3, -0.25) is 0 Å². The summed E-state index contributed by atoms with van der Waals surface area (Å²) in [6.45, 7) is 1.54. The minimum absolute atomic E-state index is 0.622. The first-order valence-corrected chi connectivity index (χ1v) is 4.71. The van der Waals surface area contributed by atoms with E-state index in [0.717, 1.165) is 5.56 Å². The van der Waals surface area contributed by atoms with Gasteiger partial charge in [0.05, 0.1) is 0 Å². The highest BCUT2D eigenvalue weighted by Gasteiger charge is 2.21. The van der Waals surface area contributed by atoms with Gasteiger partial charge in [-0.2, -0.15) is 0 Å². The van der Waals surface area contributed by atoms with Crippen molar-refractivity contribution in [1.29, 1.82) is 0 Å². The molecule has 1 N–H and O–H groups in total. The van der Waals surface area contributed by atoms with Crippen molar-refractivity contribution in [3.8, 4) is 0 Å². The number of carboxylic acids is 1. The van der Waals surface area contributed by atoms with E-state index in [1.165, 1.54) is 6.92 Å². The number of allylic oxidation sites excluding steroid dienone is 1. The lowest BCUT2D eigenvalue weighted by molar-refractivity contribution is -0.143.